The van der Waals surface area contributed by atoms with Crippen molar-refractivity contribution in [2.75, 3.05) is 46.1 Å². The molecule has 9 heteroatoms. The van der Waals surface area contributed by atoms with Gasteiger partial charge in [0.1, 0.15) is 0 Å². The van der Waals surface area contributed by atoms with Gasteiger partial charge in [0.05, 0.1) is 11.9 Å². The quantitative estimate of drug-likeness (QED) is 0.286. The highest BCUT2D eigenvalue weighted by Gasteiger charge is 2.21. The number of sulfonamides is 1. The van der Waals surface area contributed by atoms with Gasteiger partial charge in [-0.2, -0.15) is 0 Å². The van der Waals surface area contributed by atoms with Crippen LogP contribution in [0.1, 0.15) is 51.9 Å². The van der Waals surface area contributed by atoms with Crippen LogP contribution in [0.15, 0.2) is 4.99 Å². The van der Waals surface area contributed by atoms with Crippen molar-refractivity contribution in [3.63, 3.8) is 0 Å². The number of halogens is 1. The molecule has 0 amide bonds. The Morgan fingerprint density at radius 3 is 2.50 bits per heavy atom. The van der Waals surface area contributed by atoms with Crippen molar-refractivity contribution in [3.8, 4) is 0 Å². The van der Waals surface area contributed by atoms with Crippen LogP contribution < -0.4 is 10.0 Å². The Morgan fingerprint density at radius 1 is 1.18 bits per heavy atom. The van der Waals surface area contributed by atoms with E-state index in [1.165, 1.54) is 25.7 Å². The summed E-state index contributed by atoms with van der Waals surface area (Å²) in [4.78, 5) is 6.43. The van der Waals surface area contributed by atoms with Crippen molar-refractivity contribution in [2.45, 2.75) is 58.0 Å². The second-order valence-electron chi connectivity index (χ2n) is 8.14. The Morgan fingerprint density at radius 2 is 1.89 bits per heavy atom. The molecule has 166 valence electrons. The second kappa shape index (κ2) is 13.2. The Hall–Kier alpha value is -0.130. The molecule has 0 spiro atoms. The predicted octanol–water partition coefficient (Wildman–Crippen LogP) is 2.43. The molecule has 0 aromatic heterocycles. The smallest absolute Gasteiger partial charge is 0.213 e. The largest absolute Gasteiger partial charge is 0.377 e. The molecule has 1 saturated carbocycles. The van der Waals surface area contributed by atoms with Crippen LogP contribution >= 0.6 is 24.0 Å². The van der Waals surface area contributed by atoms with Crippen molar-refractivity contribution in [1.29, 1.82) is 0 Å². The molecule has 28 heavy (non-hydrogen) atoms. The third-order valence-corrected chi connectivity index (χ3v) is 7.05. The molecule has 0 aromatic rings. The molecule has 0 bridgehead atoms. The van der Waals surface area contributed by atoms with Gasteiger partial charge in [-0.25, -0.2) is 13.1 Å². The van der Waals surface area contributed by atoms with Gasteiger partial charge < -0.3 is 15.0 Å². The zero-order valence-electron chi connectivity index (χ0n) is 17.7. The van der Waals surface area contributed by atoms with Gasteiger partial charge in [0.25, 0.3) is 0 Å². The van der Waals surface area contributed by atoms with E-state index in [-0.39, 0.29) is 35.8 Å². The minimum Gasteiger partial charge on any atom is -0.377 e. The van der Waals surface area contributed by atoms with Crippen LogP contribution in [-0.4, -0.2) is 71.5 Å². The minimum absolute atomic E-state index is 0. The van der Waals surface area contributed by atoms with Gasteiger partial charge in [0.2, 0.25) is 10.0 Å². The van der Waals surface area contributed by atoms with Gasteiger partial charge in [0.15, 0.2) is 5.96 Å². The van der Waals surface area contributed by atoms with E-state index in [1.807, 2.05) is 7.05 Å². The highest BCUT2D eigenvalue weighted by Crippen LogP contribution is 2.28. The second-order valence-corrected chi connectivity index (χ2v) is 10.1. The maximum Gasteiger partial charge on any atom is 0.213 e. The van der Waals surface area contributed by atoms with E-state index < -0.39 is 10.0 Å². The molecule has 2 aliphatic rings. The number of rotatable bonds is 8. The zero-order chi connectivity index (χ0) is 19.7. The van der Waals surface area contributed by atoms with Crippen LogP contribution in [0.25, 0.3) is 0 Å². The summed E-state index contributed by atoms with van der Waals surface area (Å²) in [5.41, 5.74) is 0. The summed E-state index contributed by atoms with van der Waals surface area (Å²) in [7, 11) is 0.463. The molecule has 0 radical (unpaired) electrons. The Labute approximate surface area is 188 Å². The fraction of sp³-hybridized carbons (Fsp3) is 0.947. The molecule has 7 nitrogen and oxygen atoms in total. The van der Waals surface area contributed by atoms with Crippen molar-refractivity contribution in [2.24, 2.45) is 16.8 Å². The highest BCUT2D eigenvalue weighted by molar-refractivity contribution is 14.0. The van der Waals surface area contributed by atoms with Crippen molar-refractivity contribution in [1.82, 2.24) is 14.9 Å². The SMILES string of the molecule is CN=C(NCCS(=O)(=O)NCC1CCCCO1)N(C)CC1CCC(C)CC1.I. The first-order valence-corrected chi connectivity index (χ1v) is 12.1. The average molecular weight is 531 g/mol. The monoisotopic (exact) mass is 530 g/mol. The Balaban J connectivity index is 0.00000392. The zero-order valence-corrected chi connectivity index (χ0v) is 20.8. The summed E-state index contributed by atoms with van der Waals surface area (Å²) in [6, 6.07) is 0. The lowest BCUT2D eigenvalue weighted by Crippen LogP contribution is -2.44. The average Bonchev–Trinajstić information content (AvgIpc) is 2.66. The maximum atomic E-state index is 12.2. The lowest BCUT2D eigenvalue weighted by Gasteiger charge is -2.31. The van der Waals surface area contributed by atoms with Crippen molar-refractivity contribution >= 4 is 40.0 Å². The van der Waals surface area contributed by atoms with Crippen LogP contribution in [0.3, 0.4) is 0 Å². The molecule has 1 saturated heterocycles. The molecule has 2 rings (SSSR count). The Kier molecular flexibility index (Phi) is 12.2. The molecule has 1 aliphatic carbocycles. The van der Waals surface area contributed by atoms with E-state index in [9.17, 15) is 8.42 Å². The first kappa shape index (κ1) is 25.9. The van der Waals surface area contributed by atoms with Crippen molar-refractivity contribution in [3.05, 3.63) is 0 Å². The molecule has 0 aromatic carbocycles. The summed E-state index contributed by atoms with van der Waals surface area (Å²) in [6.07, 6.45) is 8.26. The molecule has 1 atom stereocenters. The topological polar surface area (TPSA) is 83.0 Å². The molecule has 1 unspecified atom stereocenters. The van der Waals surface area contributed by atoms with E-state index in [0.717, 1.165) is 44.3 Å². The van der Waals surface area contributed by atoms with Crippen LogP contribution in [-0.2, 0) is 14.8 Å². The molecular formula is C19H39IN4O3S. The molecule has 2 fully saturated rings. The van der Waals surface area contributed by atoms with E-state index in [0.29, 0.717) is 19.0 Å². The van der Waals surface area contributed by atoms with Crippen LogP contribution in [0.4, 0.5) is 0 Å². The molecule has 1 heterocycles. The summed E-state index contributed by atoms with van der Waals surface area (Å²) < 4.78 is 32.6. The summed E-state index contributed by atoms with van der Waals surface area (Å²) in [5.74, 6) is 2.35. The summed E-state index contributed by atoms with van der Waals surface area (Å²) in [5, 5.41) is 3.19. The Bertz CT molecular complexity index is 560. The van der Waals surface area contributed by atoms with Crippen molar-refractivity contribution < 1.29 is 13.2 Å². The number of hydrogen-bond acceptors (Lipinski definition) is 4. The van der Waals surface area contributed by atoms with Crippen LogP contribution in [0.5, 0.6) is 0 Å². The fourth-order valence-electron chi connectivity index (χ4n) is 3.93. The molecule has 1 aliphatic heterocycles. The van der Waals surface area contributed by atoms with Gasteiger partial charge in [0, 0.05) is 40.3 Å². The number of ether oxygens (including phenoxy) is 1. The fourth-order valence-corrected chi connectivity index (χ4v) is 4.88. The van der Waals surface area contributed by atoms with E-state index in [1.54, 1.807) is 7.05 Å². The maximum absolute atomic E-state index is 12.2. The number of hydrogen-bond donors (Lipinski definition) is 2. The predicted molar refractivity (Wildman–Crippen MR) is 126 cm³/mol. The van der Waals surface area contributed by atoms with Gasteiger partial charge in [-0.1, -0.05) is 19.8 Å². The number of nitrogens with zero attached hydrogens (tertiary/aromatic N) is 2. The van der Waals surface area contributed by atoms with Gasteiger partial charge >= 0.3 is 0 Å². The standard InChI is InChI=1S/C19H38N4O3S.HI/c1-16-7-9-17(10-8-16)15-23(3)19(20-2)21-11-13-27(24,25)22-14-18-6-4-5-12-26-18;/h16-18,22H,4-15H2,1-3H3,(H,20,21);1H. The summed E-state index contributed by atoms with van der Waals surface area (Å²) in [6.45, 7) is 4.75. The van der Waals surface area contributed by atoms with Gasteiger partial charge in [-0.15, -0.1) is 24.0 Å². The number of aliphatic imine (C=N–C) groups is 1. The molecule has 2 N–H and O–H groups in total. The highest BCUT2D eigenvalue weighted by atomic mass is 127. The molecular weight excluding hydrogens is 491 g/mol. The first-order valence-electron chi connectivity index (χ1n) is 10.4. The number of nitrogens with one attached hydrogen (secondary N) is 2. The minimum atomic E-state index is -3.31. The lowest BCUT2D eigenvalue weighted by atomic mass is 9.83. The number of guanidine groups is 1. The van der Waals surface area contributed by atoms with E-state index >= 15 is 0 Å². The van der Waals surface area contributed by atoms with Crippen LogP contribution in [0, 0.1) is 11.8 Å². The van der Waals surface area contributed by atoms with Gasteiger partial charge in [-0.05, 0) is 43.9 Å². The third kappa shape index (κ3) is 9.58. The van der Waals surface area contributed by atoms with E-state index in [4.69, 9.17) is 4.74 Å². The van der Waals surface area contributed by atoms with E-state index in [2.05, 4.69) is 26.9 Å². The third-order valence-electron chi connectivity index (χ3n) is 5.70. The summed E-state index contributed by atoms with van der Waals surface area (Å²) >= 11 is 0. The normalized spacial score (nSPS) is 26.4. The first-order chi connectivity index (χ1) is 12.9. The van der Waals surface area contributed by atoms with Crippen LogP contribution in [0.2, 0.25) is 0 Å². The van der Waals surface area contributed by atoms with Gasteiger partial charge in [-0.3, -0.25) is 4.99 Å². The lowest BCUT2D eigenvalue weighted by molar-refractivity contribution is 0.0200.